The van der Waals surface area contributed by atoms with Crippen molar-refractivity contribution in [3.8, 4) is 0 Å². The van der Waals surface area contributed by atoms with E-state index in [-0.39, 0.29) is 0 Å². The van der Waals surface area contributed by atoms with Crippen molar-refractivity contribution in [3.63, 3.8) is 0 Å². The fraction of sp³-hybridized carbons (Fsp3) is 1.00. The minimum Gasteiger partial charge on any atom is -0.417 e. The summed E-state index contributed by atoms with van der Waals surface area (Å²) in [6.45, 7) is 13.3. The monoisotopic (exact) mass is 216 g/mol. The Labute approximate surface area is 89.1 Å². The molecular formula is C11H24O2Si. The van der Waals surface area contributed by atoms with Gasteiger partial charge < -0.3 is 9.16 Å². The molecule has 1 aliphatic heterocycles. The molecule has 0 saturated carbocycles. The first-order valence-corrected chi connectivity index (χ1v) is 8.49. The Bertz CT molecular complexity index is 180. The standard InChI is InChI=1S/C11H24O2Si/c1-11(2,3)14(4,5)13-8-6-7-10-9-12-10/h10H,6-9H2,1-5H3. The van der Waals surface area contributed by atoms with E-state index in [1.54, 1.807) is 0 Å². The van der Waals surface area contributed by atoms with Gasteiger partial charge in [-0.3, -0.25) is 0 Å². The maximum Gasteiger partial charge on any atom is 0.191 e. The van der Waals surface area contributed by atoms with Gasteiger partial charge in [0, 0.05) is 6.61 Å². The maximum atomic E-state index is 6.06. The Morgan fingerprint density at radius 3 is 2.36 bits per heavy atom. The third kappa shape index (κ3) is 3.71. The lowest BCUT2D eigenvalue weighted by molar-refractivity contribution is 0.270. The summed E-state index contributed by atoms with van der Waals surface area (Å²) in [4.78, 5) is 0. The Balaban J connectivity index is 2.14. The second-order valence-corrected chi connectivity index (χ2v) is 10.5. The molecule has 3 heteroatoms. The van der Waals surface area contributed by atoms with Gasteiger partial charge in [-0.15, -0.1) is 0 Å². The van der Waals surface area contributed by atoms with Crippen LogP contribution < -0.4 is 0 Å². The molecule has 0 radical (unpaired) electrons. The van der Waals surface area contributed by atoms with Crippen molar-refractivity contribution >= 4 is 8.32 Å². The summed E-state index contributed by atoms with van der Waals surface area (Å²) >= 11 is 0. The van der Waals surface area contributed by atoms with E-state index in [4.69, 9.17) is 9.16 Å². The first-order chi connectivity index (χ1) is 6.33. The molecule has 1 fully saturated rings. The topological polar surface area (TPSA) is 21.8 Å². The van der Waals surface area contributed by atoms with E-state index in [9.17, 15) is 0 Å². The molecule has 1 aliphatic rings. The summed E-state index contributed by atoms with van der Waals surface area (Å²) in [6, 6.07) is 0. The summed E-state index contributed by atoms with van der Waals surface area (Å²) in [5.74, 6) is 0. The molecule has 0 bridgehead atoms. The van der Waals surface area contributed by atoms with Crippen molar-refractivity contribution in [2.24, 2.45) is 0 Å². The third-order valence-corrected chi connectivity index (χ3v) is 7.88. The molecule has 2 nitrogen and oxygen atoms in total. The Morgan fingerprint density at radius 1 is 1.36 bits per heavy atom. The van der Waals surface area contributed by atoms with E-state index in [1.807, 2.05) is 0 Å². The molecule has 1 unspecified atom stereocenters. The highest BCUT2D eigenvalue weighted by Gasteiger charge is 2.36. The minimum absolute atomic E-state index is 0.336. The Hall–Kier alpha value is 0.137. The molecule has 84 valence electrons. The van der Waals surface area contributed by atoms with Crippen molar-refractivity contribution in [2.75, 3.05) is 13.2 Å². The molecule has 14 heavy (non-hydrogen) atoms. The average molecular weight is 216 g/mol. The highest BCUT2D eigenvalue weighted by molar-refractivity contribution is 6.74. The fourth-order valence-electron chi connectivity index (χ4n) is 1.09. The fourth-order valence-corrected chi connectivity index (χ4v) is 2.18. The van der Waals surface area contributed by atoms with Gasteiger partial charge in [0.15, 0.2) is 8.32 Å². The van der Waals surface area contributed by atoms with Crippen LogP contribution in [0, 0.1) is 0 Å². The Kier molecular flexibility index (Phi) is 3.78. The van der Waals surface area contributed by atoms with Gasteiger partial charge in [0.05, 0.1) is 12.7 Å². The van der Waals surface area contributed by atoms with Crippen LogP contribution in [0.3, 0.4) is 0 Å². The number of hydrogen-bond donors (Lipinski definition) is 0. The van der Waals surface area contributed by atoms with E-state index in [0.717, 1.165) is 19.6 Å². The first kappa shape index (κ1) is 12.2. The smallest absolute Gasteiger partial charge is 0.191 e. The molecular weight excluding hydrogens is 192 g/mol. The van der Waals surface area contributed by atoms with Gasteiger partial charge >= 0.3 is 0 Å². The van der Waals surface area contributed by atoms with Crippen LogP contribution in [0.2, 0.25) is 18.1 Å². The van der Waals surface area contributed by atoms with Crippen molar-refractivity contribution in [2.45, 2.75) is 57.8 Å². The van der Waals surface area contributed by atoms with Gasteiger partial charge in [0.2, 0.25) is 0 Å². The second-order valence-electron chi connectivity index (χ2n) is 5.71. The van der Waals surface area contributed by atoms with Gasteiger partial charge in [0.25, 0.3) is 0 Å². The highest BCUT2D eigenvalue weighted by Crippen LogP contribution is 2.36. The first-order valence-electron chi connectivity index (χ1n) is 5.58. The molecule has 0 aliphatic carbocycles. The van der Waals surface area contributed by atoms with Gasteiger partial charge in [-0.1, -0.05) is 20.8 Å². The SMILES string of the molecule is CC(C)(C)[Si](C)(C)OCCCC1CO1. The molecule has 0 amide bonds. The number of rotatable bonds is 5. The van der Waals surface area contributed by atoms with E-state index < -0.39 is 8.32 Å². The van der Waals surface area contributed by atoms with Gasteiger partial charge in [-0.25, -0.2) is 0 Å². The number of hydrogen-bond acceptors (Lipinski definition) is 2. The molecule has 1 rings (SSSR count). The van der Waals surface area contributed by atoms with Crippen molar-refractivity contribution in [3.05, 3.63) is 0 Å². The van der Waals surface area contributed by atoms with Gasteiger partial charge in [0.1, 0.15) is 0 Å². The zero-order valence-electron chi connectivity index (χ0n) is 10.2. The van der Waals surface area contributed by atoms with E-state index >= 15 is 0 Å². The largest absolute Gasteiger partial charge is 0.417 e. The van der Waals surface area contributed by atoms with Crippen LogP contribution in [0.4, 0.5) is 0 Å². The summed E-state index contributed by atoms with van der Waals surface area (Å²) < 4.78 is 11.2. The molecule has 0 N–H and O–H groups in total. The third-order valence-electron chi connectivity index (χ3n) is 3.34. The van der Waals surface area contributed by atoms with Crippen molar-refractivity contribution in [1.29, 1.82) is 0 Å². The normalized spacial score (nSPS) is 22.5. The summed E-state index contributed by atoms with van der Waals surface area (Å²) in [6.07, 6.45) is 2.88. The highest BCUT2D eigenvalue weighted by atomic mass is 28.4. The lowest BCUT2D eigenvalue weighted by atomic mass is 10.2. The van der Waals surface area contributed by atoms with Crippen molar-refractivity contribution < 1.29 is 9.16 Å². The summed E-state index contributed by atoms with van der Waals surface area (Å²) in [5.41, 5.74) is 0. The second kappa shape index (κ2) is 4.33. The minimum atomic E-state index is -1.50. The van der Waals surface area contributed by atoms with Crippen LogP contribution in [-0.2, 0) is 9.16 Å². The maximum absolute atomic E-state index is 6.06. The van der Waals surface area contributed by atoms with Crippen LogP contribution in [0.1, 0.15) is 33.6 Å². The molecule has 1 saturated heterocycles. The molecule has 0 aromatic heterocycles. The zero-order chi connectivity index (χ0) is 10.8. The molecule has 0 aromatic carbocycles. The molecule has 0 spiro atoms. The molecule has 1 heterocycles. The predicted molar refractivity (Wildman–Crippen MR) is 62.1 cm³/mol. The lowest BCUT2D eigenvalue weighted by Crippen LogP contribution is -2.41. The van der Waals surface area contributed by atoms with Crippen LogP contribution in [0.15, 0.2) is 0 Å². The van der Waals surface area contributed by atoms with E-state index in [2.05, 4.69) is 33.9 Å². The van der Waals surface area contributed by atoms with Crippen molar-refractivity contribution in [1.82, 2.24) is 0 Å². The van der Waals surface area contributed by atoms with Crippen LogP contribution in [0.5, 0.6) is 0 Å². The van der Waals surface area contributed by atoms with E-state index in [0.29, 0.717) is 11.1 Å². The van der Waals surface area contributed by atoms with Gasteiger partial charge in [-0.2, -0.15) is 0 Å². The number of epoxide rings is 1. The van der Waals surface area contributed by atoms with Crippen LogP contribution in [-0.4, -0.2) is 27.6 Å². The summed E-state index contributed by atoms with van der Waals surface area (Å²) in [5, 5.41) is 0.336. The lowest BCUT2D eigenvalue weighted by Gasteiger charge is -2.36. The van der Waals surface area contributed by atoms with Gasteiger partial charge in [-0.05, 0) is 31.0 Å². The molecule has 0 aromatic rings. The van der Waals surface area contributed by atoms with Crippen LogP contribution in [0.25, 0.3) is 0 Å². The zero-order valence-corrected chi connectivity index (χ0v) is 11.2. The Morgan fingerprint density at radius 2 is 1.93 bits per heavy atom. The number of ether oxygens (including phenoxy) is 1. The van der Waals surface area contributed by atoms with Crippen LogP contribution >= 0.6 is 0 Å². The average Bonchev–Trinajstić information content (AvgIpc) is 2.79. The van der Waals surface area contributed by atoms with E-state index in [1.165, 1.54) is 6.42 Å². The predicted octanol–water partition coefficient (Wildman–Crippen LogP) is 3.19. The quantitative estimate of drug-likeness (QED) is 0.400. The summed E-state index contributed by atoms with van der Waals surface area (Å²) in [7, 11) is -1.50. The molecule has 1 atom stereocenters.